The first kappa shape index (κ1) is 14.9. The second kappa shape index (κ2) is 7.91. The summed E-state index contributed by atoms with van der Waals surface area (Å²) in [5, 5.41) is 5.84. The van der Waals surface area contributed by atoms with Gasteiger partial charge in [0.1, 0.15) is 0 Å². The molecule has 1 amide bonds. The molecule has 21 heavy (non-hydrogen) atoms. The molecule has 1 aromatic heterocycles. The molecule has 1 aromatic carbocycles. The van der Waals surface area contributed by atoms with E-state index in [9.17, 15) is 4.79 Å². The quantitative estimate of drug-likeness (QED) is 0.671. The summed E-state index contributed by atoms with van der Waals surface area (Å²) in [7, 11) is 0. The maximum Gasteiger partial charge on any atom is 0.250 e. The summed E-state index contributed by atoms with van der Waals surface area (Å²) >= 11 is 5.06. The van der Waals surface area contributed by atoms with Gasteiger partial charge in [-0.05, 0) is 35.5 Å². The average Bonchev–Trinajstić information content (AvgIpc) is 2.53. The zero-order valence-corrected chi connectivity index (χ0v) is 12.1. The SMILES string of the molecule is O=C(/C=C/c1ccccc1)NC(=S)NCc1cccnc1. The zero-order chi connectivity index (χ0) is 14.9. The fraction of sp³-hybridized carbons (Fsp3) is 0.0625. The van der Waals surface area contributed by atoms with Gasteiger partial charge in [-0.2, -0.15) is 0 Å². The summed E-state index contributed by atoms with van der Waals surface area (Å²) in [4.78, 5) is 15.7. The van der Waals surface area contributed by atoms with Crippen molar-refractivity contribution in [2.24, 2.45) is 0 Å². The number of rotatable bonds is 4. The summed E-state index contributed by atoms with van der Waals surface area (Å²) in [5.41, 5.74) is 1.95. The number of thiocarbonyl (C=S) groups is 1. The Kier molecular flexibility index (Phi) is 5.60. The minimum absolute atomic E-state index is 0.262. The van der Waals surface area contributed by atoms with E-state index in [1.807, 2.05) is 42.5 Å². The van der Waals surface area contributed by atoms with Crippen LogP contribution in [-0.4, -0.2) is 16.0 Å². The number of hydrogen-bond donors (Lipinski definition) is 2. The van der Waals surface area contributed by atoms with Crippen LogP contribution in [0.1, 0.15) is 11.1 Å². The van der Waals surface area contributed by atoms with E-state index in [4.69, 9.17) is 12.2 Å². The Morgan fingerprint density at radius 1 is 1.19 bits per heavy atom. The van der Waals surface area contributed by atoms with Gasteiger partial charge in [-0.1, -0.05) is 36.4 Å². The summed E-state index contributed by atoms with van der Waals surface area (Å²) in [6.45, 7) is 0.523. The Bertz CT molecular complexity index is 626. The maximum absolute atomic E-state index is 11.7. The first-order valence-corrected chi connectivity index (χ1v) is 6.86. The van der Waals surface area contributed by atoms with Crippen LogP contribution in [0.15, 0.2) is 60.9 Å². The first-order valence-electron chi connectivity index (χ1n) is 6.45. The maximum atomic E-state index is 11.7. The second-order valence-electron chi connectivity index (χ2n) is 4.28. The van der Waals surface area contributed by atoms with Crippen molar-refractivity contribution in [1.82, 2.24) is 15.6 Å². The molecule has 0 fully saturated rings. The highest BCUT2D eigenvalue weighted by atomic mass is 32.1. The van der Waals surface area contributed by atoms with Crippen LogP contribution in [0.4, 0.5) is 0 Å². The molecule has 2 rings (SSSR count). The molecule has 5 heteroatoms. The van der Waals surface area contributed by atoms with Gasteiger partial charge in [0, 0.05) is 25.0 Å². The molecule has 4 nitrogen and oxygen atoms in total. The number of carbonyl (C=O) groups excluding carboxylic acids is 1. The largest absolute Gasteiger partial charge is 0.358 e. The lowest BCUT2D eigenvalue weighted by atomic mass is 10.2. The van der Waals surface area contributed by atoms with E-state index in [2.05, 4.69) is 15.6 Å². The fourth-order valence-electron chi connectivity index (χ4n) is 1.62. The molecule has 0 aliphatic rings. The Balaban J connectivity index is 1.77. The molecule has 1 heterocycles. The Morgan fingerprint density at radius 3 is 2.71 bits per heavy atom. The topological polar surface area (TPSA) is 54.0 Å². The first-order chi connectivity index (χ1) is 10.2. The van der Waals surface area contributed by atoms with Gasteiger partial charge in [-0.25, -0.2) is 0 Å². The summed E-state index contributed by atoms with van der Waals surface area (Å²) < 4.78 is 0. The van der Waals surface area contributed by atoms with Gasteiger partial charge in [0.2, 0.25) is 5.91 Å². The lowest BCUT2D eigenvalue weighted by Gasteiger charge is -2.07. The van der Waals surface area contributed by atoms with Crippen LogP contribution >= 0.6 is 12.2 Å². The fourth-order valence-corrected chi connectivity index (χ4v) is 1.79. The van der Waals surface area contributed by atoms with E-state index < -0.39 is 0 Å². The molecule has 106 valence electrons. The Labute approximate surface area is 128 Å². The minimum atomic E-state index is -0.262. The molecular formula is C16H15N3OS. The minimum Gasteiger partial charge on any atom is -0.358 e. The summed E-state index contributed by atoms with van der Waals surface area (Å²) in [5.74, 6) is -0.262. The van der Waals surface area contributed by atoms with Gasteiger partial charge >= 0.3 is 0 Å². The van der Waals surface area contributed by atoms with Crippen LogP contribution < -0.4 is 10.6 Å². The summed E-state index contributed by atoms with van der Waals surface area (Å²) in [6, 6.07) is 13.4. The number of hydrogen-bond acceptors (Lipinski definition) is 3. The van der Waals surface area contributed by atoms with Crippen LogP contribution in [0.5, 0.6) is 0 Å². The van der Waals surface area contributed by atoms with Gasteiger partial charge in [0.05, 0.1) is 0 Å². The van der Waals surface area contributed by atoms with Gasteiger partial charge < -0.3 is 5.32 Å². The van der Waals surface area contributed by atoms with Gasteiger partial charge in [0.25, 0.3) is 0 Å². The van der Waals surface area contributed by atoms with E-state index in [0.717, 1.165) is 11.1 Å². The van der Waals surface area contributed by atoms with E-state index in [0.29, 0.717) is 11.7 Å². The molecular weight excluding hydrogens is 282 g/mol. The lowest BCUT2D eigenvalue weighted by Crippen LogP contribution is -2.37. The van der Waals surface area contributed by atoms with Crippen LogP contribution in [0.25, 0.3) is 6.08 Å². The molecule has 0 bridgehead atoms. The highest BCUT2D eigenvalue weighted by Gasteiger charge is 2.00. The van der Waals surface area contributed by atoms with Crippen molar-refractivity contribution in [1.29, 1.82) is 0 Å². The van der Waals surface area contributed by atoms with Crippen LogP contribution in [0.2, 0.25) is 0 Å². The molecule has 0 aliphatic heterocycles. The van der Waals surface area contributed by atoms with E-state index in [-0.39, 0.29) is 5.91 Å². The molecule has 0 saturated carbocycles. The highest BCUT2D eigenvalue weighted by molar-refractivity contribution is 7.80. The molecule has 0 aliphatic carbocycles. The summed E-state index contributed by atoms with van der Waals surface area (Å²) in [6.07, 6.45) is 6.64. The molecule has 0 spiro atoms. The number of nitrogens with zero attached hydrogens (tertiary/aromatic N) is 1. The highest BCUT2D eigenvalue weighted by Crippen LogP contribution is 2.00. The lowest BCUT2D eigenvalue weighted by molar-refractivity contribution is -0.115. The predicted octanol–water partition coefficient (Wildman–Crippen LogP) is 2.29. The normalized spacial score (nSPS) is 10.3. The third-order valence-electron chi connectivity index (χ3n) is 2.64. The average molecular weight is 297 g/mol. The van der Waals surface area contributed by atoms with Crippen molar-refractivity contribution in [3.63, 3.8) is 0 Å². The Hall–Kier alpha value is -2.53. The van der Waals surface area contributed by atoms with Crippen LogP contribution in [0, 0.1) is 0 Å². The predicted molar refractivity (Wildman–Crippen MR) is 87.3 cm³/mol. The smallest absolute Gasteiger partial charge is 0.250 e. The molecule has 0 unspecified atom stereocenters. The van der Waals surface area contributed by atoms with Crippen LogP contribution in [-0.2, 0) is 11.3 Å². The second-order valence-corrected chi connectivity index (χ2v) is 4.69. The molecule has 0 atom stereocenters. The monoisotopic (exact) mass is 297 g/mol. The molecule has 0 saturated heterocycles. The van der Waals surface area contributed by atoms with Crippen molar-refractivity contribution in [2.75, 3.05) is 0 Å². The van der Waals surface area contributed by atoms with Crippen molar-refractivity contribution in [2.45, 2.75) is 6.54 Å². The van der Waals surface area contributed by atoms with Crippen molar-refractivity contribution in [3.05, 3.63) is 72.1 Å². The number of carbonyl (C=O) groups is 1. The Morgan fingerprint density at radius 2 is 2.00 bits per heavy atom. The number of pyridine rings is 1. The third kappa shape index (κ3) is 5.54. The third-order valence-corrected chi connectivity index (χ3v) is 2.89. The van der Waals surface area contributed by atoms with Gasteiger partial charge in [0.15, 0.2) is 5.11 Å². The van der Waals surface area contributed by atoms with Crippen molar-refractivity contribution >= 4 is 29.3 Å². The number of amides is 1. The van der Waals surface area contributed by atoms with E-state index >= 15 is 0 Å². The van der Waals surface area contributed by atoms with Crippen molar-refractivity contribution < 1.29 is 4.79 Å². The molecule has 0 radical (unpaired) electrons. The molecule has 2 N–H and O–H groups in total. The zero-order valence-electron chi connectivity index (χ0n) is 11.3. The van der Waals surface area contributed by atoms with E-state index in [1.54, 1.807) is 18.5 Å². The van der Waals surface area contributed by atoms with Crippen molar-refractivity contribution in [3.8, 4) is 0 Å². The number of aromatic nitrogens is 1. The van der Waals surface area contributed by atoms with Crippen LogP contribution in [0.3, 0.4) is 0 Å². The number of benzene rings is 1. The standard InChI is InChI=1S/C16H15N3OS/c20-15(9-8-13-5-2-1-3-6-13)19-16(21)18-12-14-7-4-10-17-11-14/h1-11H,12H2,(H2,18,19,20,21)/b9-8+. The molecule has 2 aromatic rings. The number of nitrogens with one attached hydrogen (secondary N) is 2. The van der Waals surface area contributed by atoms with Gasteiger partial charge in [-0.3, -0.25) is 15.1 Å². The van der Waals surface area contributed by atoms with Gasteiger partial charge in [-0.15, -0.1) is 0 Å². The van der Waals surface area contributed by atoms with E-state index in [1.165, 1.54) is 6.08 Å².